The molecular formula is C14H9Br2N3. The van der Waals surface area contributed by atoms with Crippen molar-refractivity contribution in [2.45, 2.75) is 0 Å². The number of rotatable bonds is 2. The van der Waals surface area contributed by atoms with Crippen molar-refractivity contribution in [3.05, 3.63) is 63.7 Å². The molecule has 0 spiro atoms. The second kappa shape index (κ2) is 5.27. The van der Waals surface area contributed by atoms with Crippen LogP contribution in [0, 0.1) is 0 Å². The van der Waals surface area contributed by atoms with Crippen LogP contribution in [-0.4, -0.2) is 15.0 Å². The third-order valence-corrected chi connectivity index (χ3v) is 3.75. The molecule has 0 aliphatic heterocycles. The number of hydrogen-bond donors (Lipinski definition) is 0. The van der Waals surface area contributed by atoms with Crippen LogP contribution in [0.3, 0.4) is 0 Å². The molecule has 0 aliphatic rings. The van der Waals surface area contributed by atoms with Crippen molar-refractivity contribution in [2.75, 3.05) is 0 Å². The van der Waals surface area contributed by atoms with Gasteiger partial charge in [0.15, 0.2) is 0 Å². The van der Waals surface area contributed by atoms with E-state index in [1.165, 1.54) is 0 Å². The van der Waals surface area contributed by atoms with Gasteiger partial charge in [0.1, 0.15) is 5.69 Å². The lowest BCUT2D eigenvalue weighted by molar-refractivity contribution is 0.753. The topological polar surface area (TPSA) is 30.7 Å². The molecule has 19 heavy (non-hydrogen) atoms. The van der Waals surface area contributed by atoms with Crippen molar-refractivity contribution >= 4 is 31.9 Å². The van der Waals surface area contributed by atoms with Crippen LogP contribution >= 0.6 is 31.9 Å². The first-order chi connectivity index (χ1) is 9.22. The molecule has 0 aliphatic carbocycles. The van der Waals surface area contributed by atoms with Gasteiger partial charge in [0, 0.05) is 14.5 Å². The van der Waals surface area contributed by atoms with E-state index in [9.17, 15) is 0 Å². The molecule has 3 aromatic rings. The van der Waals surface area contributed by atoms with Crippen molar-refractivity contribution in [3.63, 3.8) is 0 Å². The first-order valence-corrected chi connectivity index (χ1v) is 7.25. The van der Waals surface area contributed by atoms with Gasteiger partial charge >= 0.3 is 0 Å². The van der Waals surface area contributed by atoms with Crippen molar-refractivity contribution in [1.82, 2.24) is 15.0 Å². The molecule has 5 heteroatoms. The fraction of sp³-hybridized carbons (Fsp3) is 0. The molecule has 3 rings (SSSR count). The van der Waals surface area contributed by atoms with E-state index in [1.54, 1.807) is 11.0 Å². The SMILES string of the molecule is Brc1ccc(-c2cnn(-c3ccc(Br)cc3)n2)cc1. The standard InChI is InChI=1S/C14H9Br2N3/c15-11-3-1-10(2-4-11)14-9-17-19(18-14)13-7-5-12(16)6-8-13/h1-9H. The molecular weight excluding hydrogens is 370 g/mol. The molecule has 0 bridgehead atoms. The van der Waals surface area contributed by atoms with Gasteiger partial charge < -0.3 is 0 Å². The van der Waals surface area contributed by atoms with Crippen LogP contribution in [-0.2, 0) is 0 Å². The Balaban J connectivity index is 1.95. The highest BCUT2D eigenvalue weighted by Gasteiger charge is 2.05. The summed E-state index contributed by atoms with van der Waals surface area (Å²) in [5.41, 5.74) is 2.84. The molecule has 0 N–H and O–H groups in total. The van der Waals surface area contributed by atoms with Gasteiger partial charge in [-0.1, -0.05) is 44.0 Å². The van der Waals surface area contributed by atoms with Crippen LogP contribution in [0.4, 0.5) is 0 Å². The number of benzene rings is 2. The number of nitrogens with zero attached hydrogens (tertiary/aromatic N) is 3. The average Bonchev–Trinajstić information content (AvgIpc) is 2.90. The van der Waals surface area contributed by atoms with E-state index in [1.807, 2.05) is 48.5 Å². The lowest BCUT2D eigenvalue weighted by Gasteiger charge is -1.99. The molecule has 0 fully saturated rings. The van der Waals surface area contributed by atoms with Gasteiger partial charge in [-0.25, -0.2) is 0 Å². The van der Waals surface area contributed by atoms with E-state index < -0.39 is 0 Å². The van der Waals surface area contributed by atoms with Gasteiger partial charge in [0.25, 0.3) is 0 Å². The highest BCUT2D eigenvalue weighted by Crippen LogP contribution is 2.20. The smallest absolute Gasteiger partial charge is 0.113 e. The Hall–Kier alpha value is -1.46. The van der Waals surface area contributed by atoms with E-state index in [0.29, 0.717) is 0 Å². The average molecular weight is 379 g/mol. The van der Waals surface area contributed by atoms with Crippen LogP contribution in [0.15, 0.2) is 63.7 Å². The quantitative estimate of drug-likeness (QED) is 0.659. The molecule has 0 amide bonds. The molecule has 1 heterocycles. The summed E-state index contributed by atoms with van der Waals surface area (Å²) in [5.74, 6) is 0. The van der Waals surface area contributed by atoms with Crippen molar-refractivity contribution in [2.24, 2.45) is 0 Å². The Morgan fingerprint density at radius 3 is 2.00 bits per heavy atom. The second-order valence-electron chi connectivity index (χ2n) is 4.00. The minimum atomic E-state index is 0.857. The van der Waals surface area contributed by atoms with Crippen LogP contribution < -0.4 is 0 Å². The fourth-order valence-corrected chi connectivity index (χ4v) is 2.24. The Morgan fingerprint density at radius 1 is 0.789 bits per heavy atom. The molecule has 0 unspecified atom stereocenters. The van der Waals surface area contributed by atoms with Gasteiger partial charge in [0.05, 0.1) is 11.9 Å². The van der Waals surface area contributed by atoms with E-state index in [2.05, 4.69) is 42.1 Å². The van der Waals surface area contributed by atoms with Crippen molar-refractivity contribution in [3.8, 4) is 16.9 Å². The zero-order chi connectivity index (χ0) is 13.2. The lowest BCUT2D eigenvalue weighted by atomic mass is 10.2. The lowest BCUT2D eigenvalue weighted by Crippen LogP contribution is -1.98. The summed E-state index contributed by atoms with van der Waals surface area (Å²) in [6, 6.07) is 15.9. The summed E-state index contributed by atoms with van der Waals surface area (Å²) in [4.78, 5) is 1.63. The molecule has 3 nitrogen and oxygen atoms in total. The maximum atomic E-state index is 4.49. The van der Waals surface area contributed by atoms with Gasteiger partial charge in [-0.2, -0.15) is 9.90 Å². The highest BCUT2D eigenvalue weighted by atomic mass is 79.9. The van der Waals surface area contributed by atoms with Crippen molar-refractivity contribution < 1.29 is 0 Å². The summed E-state index contributed by atoms with van der Waals surface area (Å²) in [5, 5.41) is 8.78. The summed E-state index contributed by atoms with van der Waals surface area (Å²) in [6.07, 6.45) is 1.77. The Bertz CT molecular complexity index is 627. The van der Waals surface area contributed by atoms with Crippen molar-refractivity contribution in [1.29, 1.82) is 0 Å². The van der Waals surface area contributed by atoms with Crippen LogP contribution in [0.1, 0.15) is 0 Å². The monoisotopic (exact) mass is 377 g/mol. The van der Waals surface area contributed by atoms with E-state index in [0.717, 1.165) is 25.9 Å². The van der Waals surface area contributed by atoms with Gasteiger partial charge in [-0.05, 0) is 36.4 Å². The molecule has 2 aromatic carbocycles. The summed E-state index contributed by atoms with van der Waals surface area (Å²) in [6.45, 7) is 0. The largest absolute Gasteiger partial charge is 0.156 e. The van der Waals surface area contributed by atoms with E-state index in [-0.39, 0.29) is 0 Å². The predicted molar refractivity (Wildman–Crippen MR) is 82.2 cm³/mol. The third-order valence-electron chi connectivity index (χ3n) is 2.69. The van der Waals surface area contributed by atoms with E-state index in [4.69, 9.17) is 0 Å². The molecule has 0 atom stereocenters. The number of halogens is 2. The highest BCUT2D eigenvalue weighted by molar-refractivity contribution is 9.10. The summed E-state index contributed by atoms with van der Waals surface area (Å²) >= 11 is 6.83. The van der Waals surface area contributed by atoms with Gasteiger partial charge in [-0.15, -0.1) is 5.10 Å². The van der Waals surface area contributed by atoms with Crippen LogP contribution in [0.5, 0.6) is 0 Å². The fourth-order valence-electron chi connectivity index (χ4n) is 1.71. The Labute approximate surface area is 127 Å². The van der Waals surface area contributed by atoms with E-state index >= 15 is 0 Å². The Morgan fingerprint density at radius 2 is 1.37 bits per heavy atom. The first-order valence-electron chi connectivity index (χ1n) is 5.66. The number of aromatic nitrogens is 3. The van der Waals surface area contributed by atoms with Gasteiger partial charge in [-0.3, -0.25) is 0 Å². The Kier molecular flexibility index (Phi) is 3.48. The first kappa shape index (κ1) is 12.6. The van der Waals surface area contributed by atoms with Crippen LogP contribution in [0.2, 0.25) is 0 Å². The second-order valence-corrected chi connectivity index (χ2v) is 5.83. The molecule has 94 valence electrons. The normalized spacial score (nSPS) is 10.6. The zero-order valence-electron chi connectivity index (χ0n) is 9.79. The molecule has 0 saturated heterocycles. The minimum absolute atomic E-state index is 0.857. The maximum Gasteiger partial charge on any atom is 0.113 e. The molecule has 0 radical (unpaired) electrons. The summed E-state index contributed by atoms with van der Waals surface area (Å²) < 4.78 is 2.09. The van der Waals surface area contributed by atoms with Gasteiger partial charge in [0.2, 0.25) is 0 Å². The third kappa shape index (κ3) is 2.77. The van der Waals surface area contributed by atoms with Crippen LogP contribution in [0.25, 0.3) is 16.9 Å². The maximum absolute atomic E-state index is 4.49. The minimum Gasteiger partial charge on any atom is -0.156 e. The number of hydrogen-bond acceptors (Lipinski definition) is 2. The zero-order valence-corrected chi connectivity index (χ0v) is 13.0. The molecule has 0 saturated carbocycles. The predicted octanol–water partition coefficient (Wildman–Crippen LogP) is 4.46. The summed E-state index contributed by atoms with van der Waals surface area (Å²) in [7, 11) is 0. The molecule has 1 aromatic heterocycles.